The fourth-order valence-electron chi connectivity index (χ4n) is 3.08. The van der Waals surface area contributed by atoms with E-state index in [1.165, 1.54) is 11.8 Å². The molecule has 0 bridgehead atoms. The van der Waals surface area contributed by atoms with Gasteiger partial charge in [-0.15, -0.1) is 10.2 Å². The standard InChI is InChI=1S/C23H22N4O2S/c1-16-9-6-7-13-20(16)21-25-26-23(27(21)15-19-12-8-14-29-19)30-17(2)22(28)24-18-10-4-3-5-11-18/h3-14,17H,15H2,1-2H3,(H,24,28). The summed E-state index contributed by atoms with van der Waals surface area (Å²) in [7, 11) is 0. The Morgan fingerprint density at radius 3 is 2.57 bits per heavy atom. The molecule has 1 unspecified atom stereocenters. The quantitative estimate of drug-likeness (QED) is 0.427. The van der Waals surface area contributed by atoms with Crippen molar-refractivity contribution >= 4 is 23.4 Å². The molecule has 0 aliphatic rings. The Balaban J connectivity index is 1.61. The fraction of sp³-hybridized carbons (Fsp3) is 0.174. The number of aromatic nitrogens is 3. The summed E-state index contributed by atoms with van der Waals surface area (Å²) in [6, 6.07) is 21.3. The minimum absolute atomic E-state index is 0.0869. The third-order valence-corrected chi connectivity index (χ3v) is 5.77. The Labute approximate surface area is 179 Å². The number of aryl methyl sites for hydroxylation is 1. The number of carbonyl (C=O) groups is 1. The van der Waals surface area contributed by atoms with Crippen LogP contribution in [0.5, 0.6) is 0 Å². The summed E-state index contributed by atoms with van der Waals surface area (Å²) >= 11 is 1.38. The van der Waals surface area contributed by atoms with E-state index in [9.17, 15) is 4.79 Å². The molecule has 0 saturated heterocycles. The van der Waals surface area contributed by atoms with Gasteiger partial charge >= 0.3 is 0 Å². The van der Waals surface area contributed by atoms with Crippen LogP contribution in [-0.2, 0) is 11.3 Å². The van der Waals surface area contributed by atoms with Crippen LogP contribution in [0, 0.1) is 6.92 Å². The van der Waals surface area contributed by atoms with Crippen LogP contribution in [0.15, 0.2) is 82.6 Å². The molecule has 1 amide bonds. The van der Waals surface area contributed by atoms with Gasteiger partial charge in [-0.2, -0.15) is 0 Å². The predicted molar refractivity (Wildman–Crippen MR) is 118 cm³/mol. The van der Waals surface area contributed by atoms with Crippen LogP contribution in [0.4, 0.5) is 5.69 Å². The summed E-state index contributed by atoms with van der Waals surface area (Å²) in [5, 5.41) is 12.1. The van der Waals surface area contributed by atoms with Gasteiger partial charge in [0.1, 0.15) is 5.76 Å². The molecule has 0 aliphatic heterocycles. The average Bonchev–Trinajstić information content (AvgIpc) is 3.40. The second-order valence-corrected chi connectivity index (χ2v) is 8.21. The van der Waals surface area contributed by atoms with E-state index >= 15 is 0 Å². The third-order valence-electron chi connectivity index (χ3n) is 4.69. The second-order valence-electron chi connectivity index (χ2n) is 6.90. The topological polar surface area (TPSA) is 73.0 Å². The molecule has 6 nitrogen and oxygen atoms in total. The highest BCUT2D eigenvalue weighted by molar-refractivity contribution is 8.00. The number of nitrogens with one attached hydrogen (secondary N) is 1. The maximum atomic E-state index is 12.7. The number of carbonyl (C=O) groups excluding carboxylic acids is 1. The van der Waals surface area contributed by atoms with Crippen molar-refractivity contribution < 1.29 is 9.21 Å². The van der Waals surface area contributed by atoms with Crippen molar-refractivity contribution in [3.05, 3.63) is 84.3 Å². The van der Waals surface area contributed by atoms with E-state index in [0.29, 0.717) is 11.7 Å². The van der Waals surface area contributed by atoms with Crippen molar-refractivity contribution in [3.63, 3.8) is 0 Å². The highest BCUT2D eigenvalue weighted by Gasteiger charge is 2.22. The predicted octanol–water partition coefficient (Wildman–Crippen LogP) is 5.01. The van der Waals surface area contributed by atoms with Gasteiger partial charge in [0.2, 0.25) is 5.91 Å². The van der Waals surface area contributed by atoms with Gasteiger partial charge in [-0.3, -0.25) is 9.36 Å². The highest BCUT2D eigenvalue weighted by atomic mass is 32.2. The first-order chi connectivity index (χ1) is 14.6. The Morgan fingerprint density at radius 2 is 1.83 bits per heavy atom. The van der Waals surface area contributed by atoms with Crippen LogP contribution in [0.2, 0.25) is 0 Å². The van der Waals surface area contributed by atoms with Gasteiger partial charge in [-0.05, 0) is 43.7 Å². The summed E-state index contributed by atoms with van der Waals surface area (Å²) in [6.45, 7) is 4.39. The van der Waals surface area contributed by atoms with Crippen molar-refractivity contribution in [1.29, 1.82) is 0 Å². The number of thioether (sulfide) groups is 1. The highest BCUT2D eigenvalue weighted by Crippen LogP contribution is 2.29. The molecule has 30 heavy (non-hydrogen) atoms. The summed E-state index contributed by atoms with van der Waals surface area (Å²) in [4.78, 5) is 12.7. The first-order valence-corrected chi connectivity index (χ1v) is 10.5. The van der Waals surface area contributed by atoms with Gasteiger partial charge in [-0.1, -0.05) is 54.2 Å². The second kappa shape index (κ2) is 9.00. The van der Waals surface area contributed by atoms with Gasteiger partial charge in [-0.25, -0.2) is 0 Å². The van der Waals surface area contributed by atoms with E-state index < -0.39 is 0 Å². The van der Waals surface area contributed by atoms with Crippen molar-refractivity contribution in [2.45, 2.75) is 30.8 Å². The number of rotatable bonds is 7. The molecule has 2 heterocycles. The molecule has 4 aromatic rings. The Bertz CT molecular complexity index is 1120. The van der Waals surface area contributed by atoms with Crippen LogP contribution in [0.3, 0.4) is 0 Å². The number of para-hydroxylation sites is 1. The molecule has 1 atom stereocenters. The summed E-state index contributed by atoms with van der Waals surface area (Å²) in [6.07, 6.45) is 1.65. The number of benzene rings is 2. The molecule has 0 spiro atoms. The lowest BCUT2D eigenvalue weighted by atomic mass is 10.1. The molecular weight excluding hydrogens is 396 g/mol. The lowest BCUT2D eigenvalue weighted by Crippen LogP contribution is -2.23. The number of amides is 1. The minimum Gasteiger partial charge on any atom is -0.467 e. The lowest BCUT2D eigenvalue weighted by Gasteiger charge is -2.14. The monoisotopic (exact) mass is 418 g/mol. The number of furan rings is 1. The molecule has 0 radical (unpaired) electrons. The van der Waals surface area contributed by atoms with Gasteiger partial charge in [0.15, 0.2) is 11.0 Å². The normalized spacial score (nSPS) is 11.9. The van der Waals surface area contributed by atoms with E-state index in [4.69, 9.17) is 4.42 Å². The molecule has 1 N–H and O–H groups in total. The molecule has 7 heteroatoms. The molecule has 152 valence electrons. The van der Waals surface area contributed by atoms with E-state index in [2.05, 4.69) is 15.5 Å². The summed E-state index contributed by atoms with van der Waals surface area (Å²) in [5.74, 6) is 1.46. The Kier molecular flexibility index (Phi) is 5.99. The Morgan fingerprint density at radius 1 is 1.07 bits per heavy atom. The fourth-order valence-corrected chi connectivity index (χ4v) is 3.93. The van der Waals surface area contributed by atoms with Crippen LogP contribution >= 0.6 is 11.8 Å². The van der Waals surface area contributed by atoms with Gasteiger partial charge in [0.05, 0.1) is 18.1 Å². The molecule has 2 aromatic heterocycles. The SMILES string of the molecule is Cc1ccccc1-c1nnc(SC(C)C(=O)Nc2ccccc2)n1Cc1ccco1. The van der Waals surface area contributed by atoms with Crippen LogP contribution in [-0.4, -0.2) is 25.9 Å². The third kappa shape index (κ3) is 4.46. The Hall–Kier alpha value is -3.32. The summed E-state index contributed by atoms with van der Waals surface area (Å²) < 4.78 is 7.55. The largest absolute Gasteiger partial charge is 0.467 e. The van der Waals surface area contributed by atoms with Crippen LogP contribution < -0.4 is 5.32 Å². The van der Waals surface area contributed by atoms with E-state index in [-0.39, 0.29) is 11.2 Å². The van der Waals surface area contributed by atoms with E-state index in [1.54, 1.807) is 6.26 Å². The van der Waals surface area contributed by atoms with Crippen LogP contribution in [0.1, 0.15) is 18.2 Å². The molecule has 0 saturated carbocycles. The lowest BCUT2D eigenvalue weighted by molar-refractivity contribution is -0.115. The molecular formula is C23H22N4O2S. The zero-order chi connectivity index (χ0) is 20.9. The number of anilines is 1. The van der Waals surface area contributed by atoms with Gasteiger partial charge in [0, 0.05) is 11.3 Å². The van der Waals surface area contributed by atoms with Gasteiger partial charge < -0.3 is 9.73 Å². The van der Waals surface area contributed by atoms with Gasteiger partial charge in [0.25, 0.3) is 0 Å². The number of nitrogens with zero attached hydrogens (tertiary/aromatic N) is 3. The average molecular weight is 419 g/mol. The molecule has 0 fully saturated rings. The van der Waals surface area contributed by atoms with Crippen molar-refractivity contribution in [1.82, 2.24) is 14.8 Å². The summed E-state index contributed by atoms with van der Waals surface area (Å²) in [5.41, 5.74) is 2.88. The maximum Gasteiger partial charge on any atom is 0.237 e. The molecule has 0 aliphatic carbocycles. The number of hydrogen-bond acceptors (Lipinski definition) is 5. The zero-order valence-electron chi connectivity index (χ0n) is 16.8. The van der Waals surface area contributed by atoms with E-state index in [1.807, 2.05) is 85.1 Å². The maximum absolute atomic E-state index is 12.7. The van der Waals surface area contributed by atoms with Crippen LogP contribution in [0.25, 0.3) is 11.4 Å². The van der Waals surface area contributed by atoms with E-state index in [0.717, 1.165) is 28.4 Å². The molecule has 4 rings (SSSR count). The van der Waals surface area contributed by atoms with Crippen molar-refractivity contribution in [2.75, 3.05) is 5.32 Å². The molecule has 2 aromatic carbocycles. The first-order valence-electron chi connectivity index (χ1n) is 9.66. The van der Waals surface area contributed by atoms with Crippen molar-refractivity contribution in [2.24, 2.45) is 0 Å². The first kappa shape index (κ1) is 20.0. The smallest absolute Gasteiger partial charge is 0.237 e. The minimum atomic E-state index is -0.352. The number of hydrogen-bond donors (Lipinski definition) is 1. The van der Waals surface area contributed by atoms with Crippen molar-refractivity contribution in [3.8, 4) is 11.4 Å². The zero-order valence-corrected chi connectivity index (χ0v) is 17.6.